The van der Waals surface area contributed by atoms with Crippen LogP contribution in [0.5, 0.6) is 0 Å². The highest BCUT2D eigenvalue weighted by molar-refractivity contribution is 5.88. The van der Waals surface area contributed by atoms with Crippen molar-refractivity contribution >= 4 is 16.9 Å². The summed E-state index contributed by atoms with van der Waals surface area (Å²) in [6, 6.07) is 8.71. The molecule has 6 nitrogen and oxygen atoms in total. The van der Waals surface area contributed by atoms with Gasteiger partial charge in [-0.2, -0.15) is 0 Å². The van der Waals surface area contributed by atoms with Gasteiger partial charge in [0.2, 0.25) is 0 Å². The lowest BCUT2D eigenvalue weighted by molar-refractivity contribution is 0.0691. The highest BCUT2D eigenvalue weighted by atomic mass is 19.1. The van der Waals surface area contributed by atoms with Gasteiger partial charge in [0, 0.05) is 0 Å². The lowest BCUT2D eigenvalue weighted by Gasteiger charge is -2.11. The van der Waals surface area contributed by atoms with E-state index in [-0.39, 0.29) is 6.54 Å². The first-order valence-electron chi connectivity index (χ1n) is 7.12. The normalized spacial score (nSPS) is 10.9. The zero-order chi connectivity index (χ0) is 17.4. The molecule has 3 rings (SSSR count). The van der Waals surface area contributed by atoms with E-state index in [2.05, 4.69) is 4.98 Å². The summed E-state index contributed by atoms with van der Waals surface area (Å²) in [5.41, 5.74) is 0.163. The van der Waals surface area contributed by atoms with Crippen molar-refractivity contribution in [2.45, 2.75) is 13.5 Å². The third-order valence-electron chi connectivity index (χ3n) is 3.75. The third-order valence-corrected chi connectivity index (χ3v) is 3.75. The molecular weight excluding hydrogens is 315 g/mol. The molecule has 0 saturated carbocycles. The molecule has 0 aliphatic heterocycles. The van der Waals surface area contributed by atoms with Gasteiger partial charge >= 0.3 is 11.7 Å². The number of aryl methyl sites for hydroxylation is 1. The van der Waals surface area contributed by atoms with Crippen molar-refractivity contribution in [1.82, 2.24) is 9.55 Å². The van der Waals surface area contributed by atoms with Crippen LogP contribution in [0.3, 0.4) is 0 Å². The number of carbonyl (C=O) groups is 1. The van der Waals surface area contributed by atoms with Crippen molar-refractivity contribution in [3.05, 3.63) is 79.7 Å². The fourth-order valence-corrected chi connectivity index (χ4v) is 2.58. The Morgan fingerprint density at radius 1 is 1.21 bits per heavy atom. The maximum absolute atomic E-state index is 13.5. The lowest BCUT2D eigenvalue weighted by Crippen LogP contribution is -2.30. The van der Waals surface area contributed by atoms with Gasteiger partial charge < -0.3 is 5.11 Å². The number of aromatic carboxylic acids is 1. The number of nitrogens with zero attached hydrogens (tertiary/aromatic N) is 1. The van der Waals surface area contributed by atoms with E-state index in [0.29, 0.717) is 16.5 Å². The van der Waals surface area contributed by atoms with E-state index in [1.165, 1.54) is 16.7 Å². The number of H-pyrrole nitrogens is 1. The SMILES string of the molecule is Cc1ccc2c(c1)c(=O)[nH]c(=O)n2Cc1ccc(F)c(C(=O)O)c1. The van der Waals surface area contributed by atoms with Crippen LogP contribution >= 0.6 is 0 Å². The lowest BCUT2D eigenvalue weighted by atomic mass is 10.1. The van der Waals surface area contributed by atoms with Gasteiger partial charge in [-0.1, -0.05) is 17.7 Å². The van der Waals surface area contributed by atoms with Crippen LogP contribution in [0.2, 0.25) is 0 Å². The topological polar surface area (TPSA) is 92.2 Å². The van der Waals surface area contributed by atoms with Gasteiger partial charge in [0.25, 0.3) is 5.56 Å². The standard InChI is InChI=1S/C17H13FN2O4/c1-9-2-5-14-12(6-9)15(21)19-17(24)20(14)8-10-3-4-13(18)11(7-10)16(22)23/h2-7H,8H2,1H3,(H,22,23)(H,19,21,24). The molecule has 0 atom stereocenters. The first-order chi connectivity index (χ1) is 11.4. The second kappa shape index (κ2) is 5.77. The van der Waals surface area contributed by atoms with Gasteiger partial charge in [-0.15, -0.1) is 0 Å². The van der Waals surface area contributed by atoms with Gasteiger partial charge in [0.05, 0.1) is 23.0 Å². The number of aromatic amines is 1. The number of benzene rings is 2. The maximum atomic E-state index is 13.5. The molecular formula is C17H13FN2O4. The van der Waals surface area contributed by atoms with Crippen molar-refractivity contribution in [2.75, 3.05) is 0 Å². The molecule has 0 radical (unpaired) electrons. The summed E-state index contributed by atoms with van der Waals surface area (Å²) < 4.78 is 14.8. The second-order valence-electron chi connectivity index (χ2n) is 5.49. The van der Waals surface area contributed by atoms with Crippen LogP contribution in [0, 0.1) is 12.7 Å². The Bertz CT molecular complexity index is 1080. The zero-order valence-corrected chi connectivity index (χ0v) is 12.7. The maximum Gasteiger partial charge on any atom is 0.338 e. The molecule has 0 amide bonds. The minimum absolute atomic E-state index is 0.00966. The number of carboxylic acids is 1. The largest absolute Gasteiger partial charge is 0.478 e. The summed E-state index contributed by atoms with van der Waals surface area (Å²) in [6.07, 6.45) is 0. The molecule has 0 unspecified atom stereocenters. The molecule has 3 aromatic rings. The Hall–Kier alpha value is -3.22. The van der Waals surface area contributed by atoms with Gasteiger partial charge in [-0.25, -0.2) is 14.0 Å². The van der Waals surface area contributed by atoms with Gasteiger partial charge in [0.1, 0.15) is 5.82 Å². The van der Waals surface area contributed by atoms with Crippen molar-refractivity contribution in [2.24, 2.45) is 0 Å². The molecule has 0 aliphatic rings. The molecule has 2 N–H and O–H groups in total. The Kier molecular flexibility index (Phi) is 3.76. The van der Waals surface area contributed by atoms with Gasteiger partial charge in [-0.05, 0) is 36.8 Å². The van der Waals surface area contributed by atoms with E-state index in [9.17, 15) is 18.8 Å². The highest BCUT2D eigenvalue weighted by Crippen LogP contribution is 2.15. The number of fused-ring (bicyclic) bond motifs is 1. The predicted molar refractivity (Wildman–Crippen MR) is 86.0 cm³/mol. The molecule has 122 valence electrons. The van der Waals surface area contributed by atoms with E-state index >= 15 is 0 Å². The summed E-state index contributed by atoms with van der Waals surface area (Å²) in [7, 11) is 0. The second-order valence-corrected chi connectivity index (χ2v) is 5.49. The number of carboxylic acid groups (broad SMARTS) is 1. The molecule has 1 aromatic heterocycles. The number of aromatic nitrogens is 2. The zero-order valence-electron chi connectivity index (χ0n) is 12.7. The molecule has 24 heavy (non-hydrogen) atoms. The number of nitrogens with one attached hydrogen (secondary N) is 1. The van der Waals surface area contributed by atoms with Crippen LogP contribution < -0.4 is 11.2 Å². The molecule has 2 aromatic carbocycles. The van der Waals surface area contributed by atoms with Crippen LogP contribution in [-0.2, 0) is 6.54 Å². The predicted octanol–water partition coefficient (Wildman–Crippen LogP) is 1.88. The van der Waals surface area contributed by atoms with Crippen molar-refractivity contribution < 1.29 is 14.3 Å². The molecule has 0 fully saturated rings. The summed E-state index contributed by atoms with van der Waals surface area (Å²) in [4.78, 5) is 37.4. The molecule has 0 aliphatic carbocycles. The number of rotatable bonds is 3. The van der Waals surface area contributed by atoms with Crippen LogP contribution in [-0.4, -0.2) is 20.6 Å². The number of hydrogen-bond donors (Lipinski definition) is 2. The van der Waals surface area contributed by atoms with Crippen LogP contribution in [0.4, 0.5) is 4.39 Å². The average molecular weight is 328 g/mol. The smallest absolute Gasteiger partial charge is 0.338 e. The third kappa shape index (κ3) is 2.71. The summed E-state index contributed by atoms with van der Waals surface area (Å²) in [6.45, 7) is 1.84. The first kappa shape index (κ1) is 15.7. The Balaban J connectivity index is 2.18. The number of halogens is 1. The van der Waals surface area contributed by atoms with Crippen LogP contribution in [0.1, 0.15) is 21.5 Å². The van der Waals surface area contributed by atoms with Gasteiger partial charge in [-0.3, -0.25) is 14.3 Å². The Labute approximate surface area is 134 Å². The minimum Gasteiger partial charge on any atom is -0.478 e. The van der Waals surface area contributed by atoms with Crippen LogP contribution in [0.25, 0.3) is 10.9 Å². The molecule has 0 spiro atoms. The molecule has 0 bridgehead atoms. The molecule has 1 heterocycles. The quantitative estimate of drug-likeness (QED) is 0.768. The van der Waals surface area contributed by atoms with E-state index < -0.39 is 28.6 Å². The van der Waals surface area contributed by atoms with Crippen molar-refractivity contribution in [3.8, 4) is 0 Å². The monoisotopic (exact) mass is 328 g/mol. The van der Waals surface area contributed by atoms with Crippen LogP contribution in [0.15, 0.2) is 46.0 Å². The molecule has 7 heteroatoms. The first-order valence-corrected chi connectivity index (χ1v) is 7.12. The van der Waals surface area contributed by atoms with Crippen molar-refractivity contribution in [1.29, 1.82) is 0 Å². The van der Waals surface area contributed by atoms with Gasteiger partial charge in [0.15, 0.2) is 0 Å². The average Bonchev–Trinajstić information content (AvgIpc) is 2.53. The fourth-order valence-electron chi connectivity index (χ4n) is 2.58. The van der Waals surface area contributed by atoms with Crippen molar-refractivity contribution in [3.63, 3.8) is 0 Å². The Morgan fingerprint density at radius 2 is 1.96 bits per heavy atom. The molecule has 0 saturated heterocycles. The van der Waals surface area contributed by atoms with E-state index in [0.717, 1.165) is 11.6 Å². The minimum atomic E-state index is -1.39. The Morgan fingerprint density at radius 3 is 2.67 bits per heavy atom. The highest BCUT2D eigenvalue weighted by Gasteiger charge is 2.13. The van der Waals surface area contributed by atoms with E-state index in [1.807, 2.05) is 6.92 Å². The summed E-state index contributed by atoms with van der Waals surface area (Å²) in [5.74, 6) is -2.23. The van der Waals surface area contributed by atoms with E-state index in [1.54, 1.807) is 18.2 Å². The van der Waals surface area contributed by atoms with E-state index in [4.69, 9.17) is 5.11 Å². The number of hydrogen-bond acceptors (Lipinski definition) is 3. The summed E-state index contributed by atoms with van der Waals surface area (Å²) in [5, 5.41) is 9.35. The summed E-state index contributed by atoms with van der Waals surface area (Å²) >= 11 is 0. The fraction of sp³-hybridized carbons (Fsp3) is 0.118.